The molecule has 156 valence electrons. The summed E-state index contributed by atoms with van der Waals surface area (Å²) < 4.78 is 50.2. The maximum absolute atomic E-state index is 13.2. The van der Waals surface area contributed by atoms with Gasteiger partial charge in [-0.1, -0.05) is 6.92 Å². The van der Waals surface area contributed by atoms with Crippen molar-refractivity contribution in [2.24, 2.45) is 0 Å². The lowest BCUT2D eigenvalue weighted by Crippen LogP contribution is -2.56. The Morgan fingerprint density at radius 1 is 1.32 bits per heavy atom. The monoisotopic (exact) mass is 400 g/mol. The fraction of sp³-hybridized carbons (Fsp3) is 0.650. The summed E-state index contributed by atoms with van der Waals surface area (Å²) >= 11 is 0. The van der Waals surface area contributed by atoms with Gasteiger partial charge >= 0.3 is 6.18 Å². The zero-order valence-electron chi connectivity index (χ0n) is 16.3. The molecule has 2 atom stereocenters. The molecule has 0 aromatic heterocycles. The van der Waals surface area contributed by atoms with Crippen LogP contribution in [0.25, 0.3) is 0 Å². The first kappa shape index (κ1) is 20.9. The van der Waals surface area contributed by atoms with Crippen LogP contribution in [0.15, 0.2) is 12.1 Å². The third-order valence-electron chi connectivity index (χ3n) is 5.59. The summed E-state index contributed by atoms with van der Waals surface area (Å²) in [6.07, 6.45) is -1.09. The molecule has 2 heterocycles. The smallest absolute Gasteiger partial charge is 0.416 e. The van der Waals surface area contributed by atoms with Crippen molar-refractivity contribution in [2.45, 2.75) is 50.9 Å². The van der Waals surface area contributed by atoms with Gasteiger partial charge in [0.2, 0.25) is 0 Å². The number of nitrogens with one attached hydrogen (secondary N) is 1. The number of likely N-dealkylation sites (tertiary alicyclic amines) is 1. The Labute approximate surface area is 163 Å². The van der Waals surface area contributed by atoms with Gasteiger partial charge in [0.05, 0.1) is 30.9 Å². The molecule has 0 saturated carbocycles. The third kappa shape index (κ3) is 4.43. The van der Waals surface area contributed by atoms with Gasteiger partial charge in [0.25, 0.3) is 5.91 Å². The van der Waals surface area contributed by atoms with Crippen LogP contribution in [0.2, 0.25) is 0 Å². The van der Waals surface area contributed by atoms with Gasteiger partial charge in [0.1, 0.15) is 5.75 Å². The number of carbonyl (C=O) groups excluding carboxylic acids is 1. The Morgan fingerprint density at radius 3 is 2.64 bits per heavy atom. The first-order chi connectivity index (χ1) is 13.3. The summed E-state index contributed by atoms with van der Waals surface area (Å²) in [5.74, 6) is -0.472. The van der Waals surface area contributed by atoms with Crippen LogP contribution in [0.3, 0.4) is 0 Å². The third-order valence-corrected chi connectivity index (χ3v) is 5.59. The normalized spacial score (nSPS) is 23.6. The summed E-state index contributed by atoms with van der Waals surface area (Å²) in [6.45, 7) is 4.78. The maximum Gasteiger partial charge on any atom is 0.416 e. The van der Waals surface area contributed by atoms with Crippen LogP contribution in [0, 0.1) is 0 Å². The Bertz CT molecular complexity index is 677. The second kappa shape index (κ2) is 8.69. The first-order valence-electron chi connectivity index (χ1n) is 9.76. The standard InChI is InChI=1S/C20H27F3N2O3/c1-3-13-10-14(20(21,22)23)11-17(27-2)18(13)19(26)24-15-12-28-9-6-16(15)25-7-4-5-8-25/h10-11,15-16H,3-9,12H2,1-2H3,(H,24,26)/t15-,16+/m0/s1. The number of rotatable bonds is 5. The van der Waals surface area contributed by atoms with Gasteiger partial charge < -0.3 is 14.8 Å². The van der Waals surface area contributed by atoms with Crippen LogP contribution in [0.5, 0.6) is 5.75 Å². The molecule has 0 radical (unpaired) electrons. The lowest BCUT2D eigenvalue weighted by Gasteiger charge is -2.38. The Morgan fingerprint density at radius 2 is 2.04 bits per heavy atom. The van der Waals surface area contributed by atoms with Crippen molar-refractivity contribution in [3.8, 4) is 5.75 Å². The topological polar surface area (TPSA) is 50.8 Å². The zero-order valence-corrected chi connectivity index (χ0v) is 16.3. The van der Waals surface area contributed by atoms with Crippen LogP contribution in [-0.4, -0.2) is 56.3 Å². The van der Waals surface area contributed by atoms with Gasteiger partial charge in [-0.2, -0.15) is 13.2 Å². The van der Waals surface area contributed by atoms with E-state index in [4.69, 9.17) is 9.47 Å². The molecular weight excluding hydrogens is 373 g/mol. The van der Waals surface area contributed by atoms with Crippen LogP contribution >= 0.6 is 0 Å². The van der Waals surface area contributed by atoms with Crippen molar-refractivity contribution in [2.75, 3.05) is 33.4 Å². The van der Waals surface area contributed by atoms with E-state index in [9.17, 15) is 18.0 Å². The minimum absolute atomic E-state index is 0.0568. The largest absolute Gasteiger partial charge is 0.496 e. The van der Waals surface area contributed by atoms with E-state index in [1.165, 1.54) is 7.11 Å². The minimum atomic E-state index is -4.50. The van der Waals surface area contributed by atoms with Crippen LogP contribution in [0.1, 0.15) is 47.7 Å². The molecule has 2 aliphatic heterocycles. The quantitative estimate of drug-likeness (QED) is 0.824. The van der Waals surface area contributed by atoms with Gasteiger partial charge in [-0.3, -0.25) is 9.69 Å². The van der Waals surface area contributed by atoms with Gasteiger partial charge in [-0.15, -0.1) is 0 Å². The van der Waals surface area contributed by atoms with E-state index < -0.39 is 17.6 Å². The Balaban J connectivity index is 1.86. The fourth-order valence-electron chi connectivity index (χ4n) is 4.15. The Kier molecular flexibility index (Phi) is 6.50. The predicted octanol–water partition coefficient (Wildman–Crippen LogP) is 3.26. The van der Waals surface area contributed by atoms with E-state index in [1.54, 1.807) is 6.92 Å². The fourth-order valence-corrected chi connectivity index (χ4v) is 4.15. The molecule has 1 amide bonds. The number of nitrogens with zero attached hydrogens (tertiary/aromatic N) is 1. The van der Waals surface area contributed by atoms with Crippen LogP contribution in [-0.2, 0) is 17.3 Å². The van der Waals surface area contributed by atoms with E-state index in [1.807, 2.05) is 0 Å². The van der Waals surface area contributed by atoms with Crippen molar-refractivity contribution >= 4 is 5.91 Å². The molecule has 0 unspecified atom stereocenters. The van der Waals surface area contributed by atoms with Gasteiger partial charge in [-0.05, 0) is 56.5 Å². The van der Waals surface area contributed by atoms with Crippen molar-refractivity contribution in [3.63, 3.8) is 0 Å². The molecule has 2 saturated heterocycles. The van der Waals surface area contributed by atoms with E-state index in [-0.39, 0.29) is 23.4 Å². The maximum atomic E-state index is 13.2. The number of ether oxygens (including phenoxy) is 2. The molecule has 28 heavy (non-hydrogen) atoms. The molecule has 0 aliphatic carbocycles. The number of aryl methyl sites for hydroxylation is 1. The second-order valence-electron chi connectivity index (χ2n) is 7.32. The van der Waals surface area contributed by atoms with Gasteiger partial charge in [0, 0.05) is 12.6 Å². The van der Waals surface area contributed by atoms with Gasteiger partial charge in [-0.25, -0.2) is 0 Å². The molecule has 5 nitrogen and oxygen atoms in total. The number of hydrogen-bond donors (Lipinski definition) is 1. The lowest BCUT2D eigenvalue weighted by atomic mass is 9.97. The predicted molar refractivity (Wildman–Crippen MR) is 98.7 cm³/mol. The average molecular weight is 400 g/mol. The summed E-state index contributed by atoms with van der Waals surface area (Å²) in [5, 5.41) is 3.00. The number of hydrogen-bond acceptors (Lipinski definition) is 4. The number of alkyl halides is 3. The number of carbonyl (C=O) groups is 1. The van der Waals surface area contributed by atoms with Crippen LogP contribution < -0.4 is 10.1 Å². The molecule has 8 heteroatoms. The van der Waals surface area contributed by atoms with Crippen molar-refractivity contribution in [1.82, 2.24) is 10.2 Å². The molecule has 1 N–H and O–H groups in total. The van der Waals surface area contributed by atoms with E-state index in [2.05, 4.69) is 10.2 Å². The minimum Gasteiger partial charge on any atom is -0.496 e. The first-order valence-corrected chi connectivity index (χ1v) is 9.76. The molecule has 1 aromatic rings. The average Bonchev–Trinajstić information content (AvgIpc) is 3.21. The molecule has 0 bridgehead atoms. The Hall–Kier alpha value is -1.80. The summed E-state index contributed by atoms with van der Waals surface area (Å²) in [6, 6.07) is 1.91. The van der Waals surface area contributed by atoms with E-state index in [0.29, 0.717) is 25.2 Å². The molecule has 2 fully saturated rings. The second-order valence-corrected chi connectivity index (χ2v) is 7.32. The lowest BCUT2D eigenvalue weighted by molar-refractivity contribution is -0.137. The van der Waals surface area contributed by atoms with E-state index >= 15 is 0 Å². The molecule has 3 rings (SSSR count). The molecular formula is C20H27F3N2O3. The highest BCUT2D eigenvalue weighted by Crippen LogP contribution is 2.35. The molecule has 2 aliphatic rings. The SMILES string of the molecule is CCc1cc(C(F)(F)F)cc(OC)c1C(=O)N[C@H]1COCC[C@H]1N1CCCC1. The number of halogens is 3. The summed E-state index contributed by atoms with van der Waals surface area (Å²) in [5.41, 5.74) is -0.323. The highest BCUT2D eigenvalue weighted by molar-refractivity contribution is 5.99. The van der Waals surface area contributed by atoms with Crippen molar-refractivity contribution < 1.29 is 27.4 Å². The van der Waals surface area contributed by atoms with Crippen LogP contribution in [0.4, 0.5) is 13.2 Å². The summed E-state index contributed by atoms with van der Waals surface area (Å²) in [7, 11) is 1.28. The molecule has 1 aromatic carbocycles. The number of benzene rings is 1. The number of methoxy groups -OCH3 is 1. The van der Waals surface area contributed by atoms with Crippen molar-refractivity contribution in [3.05, 3.63) is 28.8 Å². The summed E-state index contributed by atoms with van der Waals surface area (Å²) in [4.78, 5) is 15.4. The van der Waals surface area contributed by atoms with E-state index in [0.717, 1.165) is 44.5 Å². The van der Waals surface area contributed by atoms with Crippen molar-refractivity contribution in [1.29, 1.82) is 0 Å². The highest BCUT2D eigenvalue weighted by atomic mass is 19.4. The number of amides is 1. The highest BCUT2D eigenvalue weighted by Gasteiger charge is 2.36. The zero-order chi connectivity index (χ0) is 20.3. The molecule has 0 spiro atoms. The van der Waals surface area contributed by atoms with Gasteiger partial charge in [0.15, 0.2) is 0 Å².